The number of amides is 2. The third-order valence-corrected chi connectivity index (χ3v) is 4.38. The van der Waals surface area contributed by atoms with Crippen LogP contribution in [0.15, 0.2) is 81.3 Å². The van der Waals surface area contributed by atoms with Crippen LogP contribution in [0.1, 0.15) is 16.1 Å². The molecule has 1 heterocycles. The van der Waals surface area contributed by atoms with E-state index in [2.05, 4.69) is 15.8 Å². The molecule has 28 heavy (non-hydrogen) atoms. The Hall–Kier alpha value is -3.39. The topological polar surface area (TPSA) is 83.7 Å². The van der Waals surface area contributed by atoms with E-state index >= 15 is 0 Å². The number of para-hydroxylation sites is 1. The number of furan rings is 1. The Labute approximate surface area is 164 Å². The fourth-order valence-electron chi connectivity index (χ4n) is 2.16. The maximum atomic E-state index is 12.8. The standard InChI is InChI=1S/C20H16FN3O3S/c21-15-8-6-14(7-9-15)20(26)24-22-12-17-10-11-19(27-17)28-13-18(25)23-16-4-2-1-3-5-16/h1-12H,13H2,(H,23,25)(H,24,26). The first-order chi connectivity index (χ1) is 13.6. The van der Waals surface area contributed by atoms with Crippen molar-refractivity contribution in [3.8, 4) is 0 Å². The fourth-order valence-corrected chi connectivity index (χ4v) is 2.82. The highest BCUT2D eigenvalue weighted by atomic mass is 32.2. The van der Waals surface area contributed by atoms with Crippen LogP contribution in [0.3, 0.4) is 0 Å². The van der Waals surface area contributed by atoms with Gasteiger partial charge in [0, 0.05) is 11.3 Å². The molecule has 8 heteroatoms. The molecule has 0 bridgehead atoms. The predicted molar refractivity (Wildman–Crippen MR) is 106 cm³/mol. The van der Waals surface area contributed by atoms with Crippen LogP contribution in [0, 0.1) is 5.82 Å². The average Bonchev–Trinajstić information content (AvgIpc) is 3.15. The van der Waals surface area contributed by atoms with Gasteiger partial charge < -0.3 is 9.73 Å². The minimum absolute atomic E-state index is 0.144. The summed E-state index contributed by atoms with van der Waals surface area (Å²) in [7, 11) is 0. The van der Waals surface area contributed by atoms with E-state index in [-0.39, 0.29) is 11.7 Å². The van der Waals surface area contributed by atoms with Crippen molar-refractivity contribution < 1.29 is 18.4 Å². The van der Waals surface area contributed by atoms with Crippen LogP contribution in [-0.4, -0.2) is 23.8 Å². The number of hydrogen-bond donors (Lipinski definition) is 2. The maximum Gasteiger partial charge on any atom is 0.271 e. The van der Waals surface area contributed by atoms with Crippen LogP contribution in [0.4, 0.5) is 10.1 Å². The quantitative estimate of drug-likeness (QED) is 0.360. The largest absolute Gasteiger partial charge is 0.449 e. The molecule has 0 unspecified atom stereocenters. The molecule has 2 N–H and O–H groups in total. The van der Waals surface area contributed by atoms with Crippen molar-refractivity contribution in [3.05, 3.63) is 83.9 Å². The van der Waals surface area contributed by atoms with Gasteiger partial charge in [0.25, 0.3) is 5.91 Å². The van der Waals surface area contributed by atoms with E-state index < -0.39 is 11.7 Å². The van der Waals surface area contributed by atoms with Gasteiger partial charge in [-0.1, -0.05) is 30.0 Å². The Bertz CT molecular complexity index is 972. The number of carbonyl (C=O) groups is 2. The molecule has 142 valence electrons. The minimum Gasteiger partial charge on any atom is -0.449 e. The molecule has 3 aromatic rings. The van der Waals surface area contributed by atoms with Gasteiger partial charge in [0.05, 0.1) is 12.0 Å². The molecular weight excluding hydrogens is 381 g/mol. The van der Waals surface area contributed by atoms with Crippen LogP contribution in [0.5, 0.6) is 0 Å². The van der Waals surface area contributed by atoms with E-state index in [0.717, 1.165) is 5.69 Å². The highest BCUT2D eigenvalue weighted by Crippen LogP contribution is 2.20. The molecule has 6 nitrogen and oxygen atoms in total. The van der Waals surface area contributed by atoms with Crippen molar-refractivity contribution in [2.45, 2.75) is 5.09 Å². The first-order valence-electron chi connectivity index (χ1n) is 8.27. The molecule has 0 saturated heterocycles. The van der Waals surface area contributed by atoms with Gasteiger partial charge in [0.1, 0.15) is 11.6 Å². The molecule has 2 aromatic carbocycles. The third kappa shape index (κ3) is 5.82. The molecule has 0 aliphatic carbocycles. The van der Waals surface area contributed by atoms with Crippen LogP contribution >= 0.6 is 11.8 Å². The van der Waals surface area contributed by atoms with Crippen LogP contribution in [0.25, 0.3) is 0 Å². The number of halogens is 1. The monoisotopic (exact) mass is 397 g/mol. The number of thioether (sulfide) groups is 1. The summed E-state index contributed by atoms with van der Waals surface area (Å²) >= 11 is 1.24. The van der Waals surface area contributed by atoms with Gasteiger partial charge in [-0.3, -0.25) is 9.59 Å². The summed E-state index contributed by atoms with van der Waals surface area (Å²) in [5.74, 6) is -0.409. The molecule has 0 spiro atoms. The molecule has 0 atom stereocenters. The van der Waals surface area contributed by atoms with Crippen LogP contribution in [-0.2, 0) is 4.79 Å². The van der Waals surface area contributed by atoms with Crippen molar-refractivity contribution in [2.75, 3.05) is 11.1 Å². The molecule has 0 radical (unpaired) electrons. The molecule has 0 aliphatic heterocycles. The van der Waals surface area contributed by atoms with Crippen molar-refractivity contribution in [1.82, 2.24) is 5.43 Å². The maximum absolute atomic E-state index is 12.8. The summed E-state index contributed by atoms with van der Waals surface area (Å²) in [5.41, 5.74) is 3.35. The number of anilines is 1. The number of carbonyl (C=O) groups excluding carboxylic acids is 2. The molecule has 3 rings (SSSR count). The van der Waals surface area contributed by atoms with Gasteiger partial charge in [-0.05, 0) is 48.5 Å². The SMILES string of the molecule is O=C(CSc1ccc(C=NNC(=O)c2ccc(F)cc2)o1)Nc1ccccc1. The Morgan fingerprint density at radius 1 is 1.04 bits per heavy atom. The highest BCUT2D eigenvalue weighted by Gasteiger charge is 2.07. The Balaban J connectivity index is 1.45. The first kappa shape index (κ1) is 19.4. The van der Waals surface area contributed by atoms with Gasteiger partial charge >= 0.3 is 0 Å². The highest BCUT2D eigenvalue weighted by molar-refractivity contribution is 7.99. The second kappa shape index (κ2) is 9.52. The van der Waals surface area contributed by atoms with E-state index in [1.807, 2.05) is 30.3 Å². The number of hydrazone groups is 1. The van der Waals surface area contributed by atoms with Gasteiger partial charge in [0.2, 0.25) is 5.91 Å². The summed E-state index contributed by atoms with van der Waals surface area (Å²) < 4.78 is 18.4. The summed E-state index contributed by atoms with van der Waals surface area (Å²) in [5, 5.41) is 7.14. The number of nitrogens with one attached hydrogen (secondary N) is 2. The van der Waals surface area contributed by atoms with E-state index in [9.17, 15) is 14.0 Å². The van der Waals surface area contributed by atoms with Crippen molar-refractivity contribution >= 4 is 35.5 Å². The Morgan fingerprint density at radius 3 is 2.54 bits per heavy atom. The summed E-state index contributed by atoms with van der Waals surface area (Å²) in [4.78, 5) is 23.8. The zero-order valence-corrected chi connectivity index (χ0v) is 15.4. The van der Waals surface area contributed by atoms with E-state index in [4.69, 9.17) is 4.42 Å². The van der Waals surface area contributed by atoms with E-state index in [0.29, 0.717) is 16.4 Å². The molecule has 2 amide bonds. The molecule has 0 aliphatic rings. The summed E-state index contributed by atoms with van der Waals surface area (Å²) in [6, 6.07) is 17.7. The van der Waals surface area contributed by atoms with Crippen molar-refractivity contribution in [3.63, 3.8) is 0 Å². The molecule has 0 saturated carbocycles. The zero-order chi connectivity index (χ0) is 19.8. The smallest absolute Gasteiger partial charge is 0.271 e. The number of nitrogens with zero attached hydrogens (tertiary/aromatic N) is 1. The minimum atomic E-state index is -0.463. The van der Waals surface area contributed by atoms with Gasteiger partial charge in [-0.25, -0.2) is 9.82 Å². The van der Waals surface area contributed by atoms with Crippen molar-refractivity contribution in [1.29, 1.82) is 0 Å². The first-order valence-corrected chi connectivity index (χ1v) is 9.25. The average molecular weight is 397 g/mol. The molecular formula is C20H16FN3O3S. The summed E-state index contributed by atoms with van der Waals surface area (Å²) in [6.45, 7) is 0. The van der Waals surface area contributed by atoms with E-state index in [1.54, 1.807) is 12.1 Å². The van der Waals surface area contributed by atoms with Gasteiger partial charge in [-0.2, -0.15) is 5.10 Å². The third-order valence-electron chi connectivity index (χ3n) is 3.47. The van der Waals surface area contributed by atoms with Crippen molar-refractivity contribution in [2.24, 2.45) is 5.10 Å². The lowest BCUT2D eigenvalue weighted by Crippen LogP contribution is -2.17. The predicted octanol–water partition coefficient (Wildman–Crippen LogP) is 3.91. The fraction of sp³-hybridized carbons (Fsp3) is 0.0500. The van der Waals surface area contributed by atoms with Gasteiger partial charge in [0.15, 0.2) is 5.09 Å². The van der Waals surface area contributed by atoms with Crippen LogP contribution in [0.2, 0.25) is 0 Å². The Kier molecular flexibility index (Phi) is 6.59. The molecule has 1 aromatic heterocycles. The zero-order valence-electron chi connectivity index (χ0n) is 14.6. The lowest BCUT2D eigenvalue weighted by molar-refractivity contribution is -0.113. The lowest BCUT2D eigenvalue weighted by atomic mass is 10.2. The second-order valence-electron chi connectivity index (χ2n) is 5.57. The summed E-state index contributed by atoms with van der Waals surface area (Å²) in [6.07, 6.45) is 1.34. The normalized spacial score (nSPS) is 10.8. The number of hydrogen-bond acceptors (Lipinski definition) is 5. The number of benzene rings is 2. The lowest BCUT2D eigenvalue weighted by Gasteiger charge is -2.03. The number of rotatable bonds is 7. The van der Waals surface area contributed by atoms with Crippen LogP contribution < -0.4 is 10.7 Å². The molecule has 0 fully saturated rings. The second-order valence-corrected chi connectivity index (χ2v) is 6.55. The van der Waals surface area contributed by atoms with Gasteiger partial charge in [-0.15, -0.1) is 0 Å². The Morgan fingerprint density at radius 2 is 1.79 bits per heavy atom. The van der Waals surface area contributed by atoms with E-state index in [1.165, 1.54) is 42.2 Å².